The fourth-order valence-corrected chi connectivity index (χ4v) is 4.14. The van der Waals surface area contributed by atoms with E-state index in [4.69, 9.17) is 4.43 Å². The number of hydrogen-bond donors (Lipinski definition) is 0. The van der Waals surface area contributed by atoms with Crippen LogP contribution in [0.5, 0.6) is 0 Å². The Morgan fingerprint density at radius 2 is 1.90 bits per heavy atom. The molecule has 21 heavy (non-hydrogen) atoms. The molecule has 2 rings (SSSR count). The fraction of sp³-hybridized carbons (Fsp3) is 0.500. The summed E-state index contributed by atoms with van der Waals surface area (Å²) in [6.07, 6.45) is 13.8. The Balaban J connectivity index is 0.00000200. The summed E-state index contributed by atoms with van der Waals surface area (Å²) < 4.78 is 7.60. The first-order chi connectivity index (χ1) is 8.97. The van der Waals surface area contributed by atoms with Crippen molar-refractivity contribution in [3.63, 3.8) is 0 Å². The predicted octanol–water partition coefficient (Wildman–Crippen LogP) is -1.36. The summed E-state index contributed by atoms with van der Waals surface area (Å²) in [7, 11) is -1.34. The van der Waals surface area contributed by atoms with E-state index in [9.17, 15) is 0 Å². The molecule has 0 radical (unpaired) electrons. The molecular weight excluding hydrogens is 398 g/mol. The van der Waals surface area contributed by atoms with E-state index in [-0.39, 0.29) is 24.8 Å². The third kappa shape index (κ3) is 6.71. The summed E-state index contributed by atoms with van der Waals surface area (Å²) in [6, 6.07) is 0. The molecule has 0 aromatic heterocycles. The van der Waals surface area contributed by atoms with E-state index in [1.807, 2.05) is 0 Å². The van der Waals surface area contributed by atoms with Crippen LogP contribution in [0.25, 0.3) is 0 Å². The largest absolute Gasteiger partial charge is 1.00 e. The zero-order valence-corrected chi connectivity index (χ0v) is 18.0. The Hall–Kier alpha value is 0.600. The van der Waals surface area contributed by atoms with Gasteiger partial charge in [0.25, 0.3) is 0 Å². The van der Waals surface area contributed by atoms with Crippen LogP contribution in [0.3, 0.4) is 0 Å². The average Bonchev–Trinajstić information content (AvgIpc) is 2.93. The van der Waals surface area contributed by atoms with Crippen molar-refractivity contribution in [1.82, 2.24) is 0 Å². The van der Waals surface area contributed by atoms with Crippen LogP contribution in [-0.2, 0) is 29.1 Å². The van der Waals surface area contributed by atoms with Crippen LogP contribution in [0.1, 0.15) is 25.7 Å². The van der Waals surface area contributed by atoms with Crippen molar-refractivity contribution in [2.45, 2.75) is 45.3 Å². The van der Waals surface area contributed by atoms with Crippen LogP contribution in [0.15, 0.2) is 44.3 Å². The third-order valence-electron chi connectivity index (χ3n) is 3.42. The minimum Gasteiger partial charge on any atom is -1.00 e. The van der Waals surface area contributed by atoms with Gasteiger partial charge in [-0.1, -0.05) is 0 Å². The van der Waals surface area contributed by atoms with Gasteiger partial charge in [0.2, 0.25) is 0 Å². The van der Waals surface area contributed by atoms with Gasteiger partial charge in [0.1, 0.15) is 0 Å². The predicted molar refractivity (Wildman–Crippen MR) is 80.1 cm³/mol. The Labute approximate surface area is 157 Å². The van der Waals surface area contributed by atoms with Crippen molar-refractivity contribution in [2.24, 2.45) is 0 Å². The van der Waals surface area contributed by atoms with Crippen LogP contribution < -0.4 is 24.8 Å². The van der Waals surface area contributed by atoms with Gasteiger partial charge < -0.3 is 24.8 Å². The topological polar surface area (TPSA) is 9.23 Å². The van der Waals surface area contributed by atoms with E-state index in [1.165, 1.54) is 24.0 Å². The quantitative estimate of drug-likeness (QED) is 0.381. The van der Waals surface area contributed by atoms with Gasteiger partial charge in [-0.2, -0.15) is 0 Å². The Kier molecular flexibility index (Phi) is 9.95. The van der Waals surface area contributed by atoms with Crippen molar-refractivity contribution >= 4 is 8.32 Å². The number of rotatable bonds is 6. The zero-order valence-electron chi connectivity index (χ0n) is 13.0. The summed E-state index contributed by atoms with van der Waals surface area (Å²) in [4.78, 5) is 0. The molecule has 1 nitrogen and oxygen atoms in total. The molecule has 0 aromatic rings. The van der Waals surface area contributed by atoms with Crippen LogP contribution >= 0.6 is 0 Å². The number of allylic oxidation sites excluding steroid dienone is 8. The molecule has 0 bridgehead atoms. The molecule has 0 amide bonds. The fourth-order valence-electron chi connectivity index (χ4n) is 2.50. The standard InChI is InChI=1S/C16H23OSi.2ClH.Zr/c1-18(2,3)17-13-7-11-15-10-6-12-16(15)14-8-4-5-9-14;;;/h4-5,8,12H,6-7,9,11,13H2,1-3H3;2*1H;/q;;;+2/p-2. The SMILES string of the molecule is C[Si](C)(C)OCCCC1=[C]([Zr+2])CC=C1C1=CC=CC1.[Cl-].[Cl-]. The van der Waals surface area contributed by atoms with Crippen LogP contribution in [-0.4, -0.2) is 14.9 Å². The molecule has 0 aliphatic heterocycles. The van der Waals surface area contributed by atoms with Gasteiger partial charge in [0.05, 0.1) is 0 Å². The Morgan fingerprint density at radius 3 is 2.48 bits per heavy atom. The normalized spacial score (nSPS) is 17.4. The first-order valence-corrected chi connectivity index (χ1v) is 11.8. The number of halogens is 2. The third-order valence-corrected chi connectivity index (χ3v) is 5.74. The van der Waals surface area contributed by atoms with E-state index in [0.717, 1.165) is 19.4 Å². The van der Waals surface area contributed by atoms with Gasteiger partial charge in [-0.25, -0.2) is 0 Å². The molecule has 2 aliphatic rings. The maximum absolute atomic E-state index is 5.96. The van der Waals surface area contributed by atoms with Gasteiger partial charge in [-0.3, -0.25) is 0 Å². The van der Waals surface area contributed by atoms with Crippen molar-refractivity contribution in [3.8, 4) is 0 Å². The maximum Gasteiger partial charge on any atom is -1.00 e. The molecule has 0 saturated carbocycles. The second-order valence-corrected chi connectivity index (χ2v) is 12.2. The van der Waals surface area contributed by atoms with Gasteiger partial charge in [-0.05, 0) is 0 Å². The van der Waals surface area contributed by atoms with E-state index in [2.05, 4.69) is 43.9 Å². The first-order valence-electron chi connectivity index (χ1n) is 7.11. The molecule has 0 fully saturated rings. The molecule has 0 heterocycles. The Morgan fingerprint density at radius 1 is 1.19 bits per heavy atom. The minimum atomic E-state index is -1.34. The van der Waals surface area contributed by atoms with Crippen molar-refractivity contribution in [2.75, 3.05) is 6.61 Å². The molecule has 0 spiro atoms. The first kappa shape index (κ1) is 21.6. The molecule has 0 aromatic carbocycles. The van der Waals surface area contributed by atoms with E-state index in [1.54, 1.807) is 33.6 Å². The summed E-state index contributed by atoms with van der Waals surface area (Å²) >= 11 is 1.58. The van der Waals surface area contributed by atoms with Crippen LogP contribution in [0.2, 0.25) is 19.6 Å². The molecule has 115 valence electrons. The van der Waals surface area contributed by atoms with Gasteiger partial charge in [-0.15, -0.1) is 0 Å². The monoisotopic (exact) mass is 419 g/mol. The molecule has 2 aliphatic carbocycles. The number of hydrogen-bond acceptors (Lipinski definition) is 1. The van der Waals surface area contributed by atoms with Gasteiger partial charge in [0, 0.05) is 0 Å². The average molecular weight is 422 g/mol. The van der Waals surface area contributed by atoms with Crippen LogP contribution in [0, 0.1) is 0 Å². The minimum absolute atomic E-state index is 0. The zero-order chi connectivity index (χ0) is 13.9. The smallest absolute Gasteiger partial charge is 1.00 e. The molecular formula is C16H23Cl2OSiZr. The van der Waals surface area contributed by atoms with E-state index < -0.39 is 8.32 Å². The molecule has 5 heteroatoms. The molecule has 0 N–H and O–H groups in total. The second-order valence-electron chi connectivity index (χ2n) is 6.17. The van der Waals surface area contributed by atoms with Gasteiger partial charge in [0.15, 0.2) is 0 Å². The van der Waals surface area contributed by atoms with Crippen molar-refractivity contribution in [3.05, 3.63) is 44.3 Å². The van der Waals surface area contributed by atoms with E-state index >= 15 is 0 Å². The van der Waals surface area contributed by atoms with Gasteiger partial charge >= 0.3 is 134 Å². The summed E-state index contributed by atoms with van der Waals surface area (Å²) in [5.41, 5.74) is 4.66. The maximum atomic E-state index is 5.96. The van der Waals surface area contributed by atoms with Crippen LogP contribution in [0.4, 0.5) is 0 Å². The Bertz CT molecular complexity index is 473. The summed E-state index contributed by atoms with van der Waals surface area (Å²) in [6.45, 7) is 7.71. The van der Waals surface area contributed by atoms with E-state index in [0.29, 0.717) is 0 Å². The molecule has 0 atom stereocenters. The van der Waals surface area contributed by atoms with Crippen molar-refractivity contribution in [1.29, 1.82) is 0 Å². The molecule has 0 saturated heterocycles. The summed E-state index contributed by atoms with van der Waals surface area (Å²) in [5, 5.41) is 0. The summed E-state index contributed by atoms with van der Waals surface area (Å²) in [5.74, 6) is 0. The van der Waals surface area contributed by atoms with Crippen molar-refractivity contribution < 1.29 is 54.0 Å². The second kappa shape index (κ2) is 9.67. The molecule has 0 unspecified atom stereocenters.